The number of hydrogen-bond acceptors (Lipinski definition) is 6. The Morgan fingerprint density at radius 2 is 1.75 bits per heavy atom. The fraction of sp³-hybridized carbons (Fsp3) is 0.174. The van der Waals surface area contributed by atoms with Crippen molar-refractivity contribution in [2.75, 3.05) is 16.0 Å². The predicted molar refractivity (Wildman–Crippen MR) is 123 cm³/mol. The number of anilines is 3. The van der Waals surface area contributed by atoms with Crippen LogP contribution in [0.15, 0.2) is 60.8 Å². The number of nitrogens with one attached hydrogen (secondary N) is 3. The number of rotatable bonds is 7. The number of carbonyl (C=O) groups is 2. The molecule has 1 atom stereocenters. The Hall–Kier alpha value is -4.27. The SMILES string of the molecule is CC(=O)Nc1ccc(C)cc1NC(=O)c1ccc(NC(C)c2ccccn2)c([N+](=O)[O-])c1. The third-order valence-corrected chi connectivity index (χ3v) is 4.69. The maximum Gasteiger partial charge on any atom is 0.293 e. The van der Waals surface area contributed by atoms with Crippen molar-refractivity contribution in [2.24, 2.45) is 0 Å². The van der Waals surface area contributed by atoms with E-state index in [1.54, 1.807) is 30.5 Å². The van der Waals surface area contributed by atoms with Gasteiger partial charge in [0, 0.05) is 24.8 Å². The molecule has 1 unspecified atom stereocenters. The van der Waals surface area contributed by atoms with Crippen LogP contribution in [0.1, 0.15) is 41.5 Å². The van der Waals surface area contributed by atoms with Crippen LogP contribution in [0.25, 0.3) is 0 Å². The molecule has 164 valence electrons. The Balaban J connectivity index is 1.85. The van der Waals surface area contributed by atoms with Crippen molar-refractivity contribution in [1.82, 2.24) is 4.98 Å². The molecule has 0 saturated heterocycles. The van der Waals surface area contributed by atoms with Gasteiger partial charge in [-0.3, -0.25) is 24.7 Å². The van der Waals surface area contributed by atoms with Crippen LogP contribution in [0, 0.1) is 17.0 Å². The van der Waals surface area contributed by atoms with Gasteiger partial charge in [-0.2, -0.15) is 0 Å². The van der Waals surface area contributed by atoms with Crippen molar-refractivity contribution in [3.8, 4) is 0 Å². The highest BCUT2D eigenvalue weighted by Crippen LogP contribution is 2.30. The highest BCUT2D eigenvalue weighted by Gasteiger charge is 2.20. The zero-order valence-electron chi connectivity index (χ0n) is 17.9. The quantitative estimate of drug-likeness (QED) is 0.367. The molecule has 3 N–H and O–H groups in total. The van der Waals surface area contributed by atoms with Crippen molar-refractivity contribution in [2.45, 2.75) is 26.8 Å². The minimum Gasteiger partial charge on any atom is -0.371 e. The minimum atomic E-state index is -0.542. The van der Waals surface area contributed by atoms with E-state index in [2.05, 4.69) is 20.9 Å². The monoisotopic (exact) mass is 433 g/mol. The van der Waals surface area contributed by atoms with E-state index in [0.717, 1.165) is 11.3 Å². The number of pyridine rings is 1. The lowest BCUT2D eigenvalue weighted by molar-refractivity contribution is -0.384. The molecule has 9 heteroatoms. The molecule has 0 aliphatic heterocycles. The second-order valence-electron chi connectivity index (χ2n) is 7.29. The van der Waals surface area contributed by atoms with Crippen molar-refractivity contribution in [3.63, 3.8) is 0 Å². The first-order chi connectivity index (χ1) is 15.2. The van der Waals surface area contributed by atoms with Crippen molar-refractivity contribution in [1.29, 1.82) is 0 Å². The van der Waals surface area contributed by atoms with E-state index in [1.807, 2.05) is 26.0 Å². The highest BCUT2D eigenvalue weighted by molar-refractivity contribution is 6.07. The van der Waals surface area contributed by atoms with Gasteiger partial charge in [-0.05, 0) is 55.8 Å². The Morgan fingerprint density at radius 1 is 1.00 bits per heavy atom. The molecular formula is C23H23N5O4. The van der Waals surface area contributed by atoms with E-state index in [4.69, 9.17) is 0 Å². The molecule has 3 aromatic rings. The molecule has 0 fully saturated rings. The Kier molecular flexibility index (Phi) is 6.79. The molecule has 0 bridgehead atoms. The molecule has 2 amide bonds. The lowest BCUT2D eigenvalue weighted by Gasteiger charge is -2.16. The molecule has 1 aromatic heterocycles. The van der Waals surface area contributed by atoms with Gasteiger partial charge in [0.2, 0.25) is 5.91 Å². The summed E-state index contributed by atoms with van der Waals surface area (Å²) < 4.78 is 0. The zero-order valence-corrected chi connectivity index (χ0v) is 17.9. The Bertz CT molecular complexity index is 1160. The largest absolute Gasteiger partial charge is 0.371 e. The summed E-state index contributed by atoms with van der Waals surface area (Å²) in [4.78, 5) is 39.6. The molecular weight excluding hydrogens is 410 g/mol. The smallest absolute Gasteiger partial charge is 0.293 e. The fourth-order valence-electron chi connectivity index (χ4n) is 3.14. The Labute approximate surface area is 185 Å². The van der Waals surface area contributed by atoms with Gasteiger partial charge in [-0.25, -0.2) is 0 Å². The van der Waals surface area contributed by atoms with E-state index in [0.29, 0.717) is 11.4 Å². The fourth-order valence-corrected chi connectivity index (χ4v) is 3.14. The van der Waals surface area contributed by atoms with Crippen LogP contribution in [-0.4, -0.2) is 21.7 Å². The van der Waals surface area contributed by atoms with Crippen LogP contribution in [0.3, 0.4) is 0 Å². The van der Waals surface area contributed by atoms with Gasteiger partial charge in [0.1, 0.15) is 5.69 Å². The van der Waals surface area contributed by atoms with Gasteiger partial charge in [0.05, 0.1) is 28.0 Å². The van der Waals surface area contributed by atoms with E-state index in [1.165, 1.54) is 25.1 Å². The second kappa shape index (κ2) is 9.69. The molecule has 32 heavy (non-hydrogen) atoms. The highest BCUT2D eigenvalue weighted by atomic mass is 16.6. The van der Waals surface area contributed by atoms with E-state index in [9.17, 15) is 19.7 Å². The van der Waals surface area contributed by atoms with Crippen molar-refractivity contribution in [3.05, 3.63) is 87.7 Å². The number of nitro benzene ring substituents is 1. The van der Waals surface area contributed by atoms with E-state index in [-0.39, 0.29) is 28.9 Å². The van der Waals surface area contributed by atoms with Crippen LogP contribution in [0.4, 0.5) is 22.7 Å². The summed E-state index contributed by atoms with van der Waals surface area (Å²) >= 11 is 0. The van der Waals surface area contributed by atoms with E-state index >= 15 is 0 Å². The van der Waals surface area contributed by atoms with Gasteiger partial charge in [-0.1, -0.05) is 12.1 Å². The lowest BCUT2D eigenvalue weighted by atomic mass is 10.1. The van der Waals surface area contributed by atoms with Crippen LogP contribution in [0.5, 0.6) is 0 Å². The van der Waals surface area contributed by atoms with Crippen LogP contribution in [-0.2, 0) is 4.79 Å². The van der Waals surface area contributed by atoms with Crippen molar-refractivity contribution < 1.29 is 14.5 Å². The van der Waals surface area contributed by atoms with Crippen LogP contribution in [0.2, 0.25) is 0 Å². The molecule has 1 heterocycles. The normalized spacial score (nSPS) is 11.3. The number of aromatic nitrogens is 1. The lowest BCUT2D eigenvalue weighted by Crippen LogP contribution is -2.16. The number of nitro groups is 1. The number of aryl methyl sites for hydroxylation is 1. The maximum absolute atomic E-state index is 12.8. The van der Waals surface area contributed by atoms with Gasteiger partial charge < -0.3 is 16.0 Å². The number of carbonyl (C=O) groups excluding carboxylic acids is 2. The van der Waals surface area contributed by atoms with Crippen LogP contribution < -0.4 is 16.0 Å². The minimum absolute atomic E-state index is 0.114. The summed E-state index contributed by atoms with van der Waals surface area (Å²) in [6.45, 7) is 5.06. The molecule has 0 spiro atoms. The van der Waals surface area contributed by atoms with Gasteiger partial charge in [0.15, 0.2) is 0 Å². The Morgan fingerprint density at radius 3 is 2.41 bits per heavy atom. The topological polar surface area (TPSA) is 126 Å². The van der Waals surface area contributed by atoms with Gasteiger partial charge >= 0.3 is 0 Å². The van der Waals surface area contributed by atoms with Crippen LogP contribution >= 0.6 is 0 Å². The number of amides is 2. The average molecular weight is 433 g/mol. The summed E-state index contributed by atoms with van der Waals surface area (Å²) in [7, 11) is 0. The van der Waals surface area contributed by atoms with Gasteiger partial charge in [-0.15, -0.1) is 0 Å². The summed E-state index contributed by atoms with van der Waals surface area (Å²) in [6.07, 6.45) is 1.65. The first-order valence-electron chi connectivity index (χ1n) is 9.90. The average Bonchev–Trinajstić information content (AvgIpc) is 2.76. The molecule has 3 rings (SSSR count). The predicted octanol–water partition coefficient (Wildman–Crippen LogP) is 4.68. The molecule has 2 aromatic carbocycles. The van der Waals surface area contributed by atoms with Gasteiger partial charge in [0.25, 0.3) is 11.6 Å². The first kappa shape index (κ1) is 22.4. The number of hydrogen-bond donors (Lipinski definition) is 3. The van der Waals surface area contributed by atoms with Crippen molar-refractivity contribution >= 4 is 34.6 Å². The van der Waals surface area contributed by atoms with E-state index < -0.39 is 10.8 Å². The summed E-state index contributed by atoms with van der Waals surface area (Å²) in [5, 5.41) is 20.1. The zero-order chi connectivity index (χ0) is 23.3. The molecule has 0 saturated carbocycles. The summed E-state index contributed by atoms with van der Waals surface area (Å²) in [5.41, 5.74) is 2.61. The number of benzene rings is 2. The molecule has 0 aliphatic carbocycles. The summed E-state index contributed by atoms with van der Waals surface area (Å²) in [6, 6.07) is 14.6. The number of nitrogens with zero attached hydrogens (tertiary/aromatic N) is 2. The molecule has 0 radical (unpaired) electrons. The summed E-state index contributed by atoms with van der Waals surface area (Å²) in [5.74, 6) is -0.813. The first-order valence-corrected chi connectivity index (χ1v) is 9.90. The standard InChI is InChI=1S/C23H23N5O4/c1-14-7-9-19(26-16(3)29)21(12-14)27-23(30)17-8-10-20(22(13-17)28(31)32)25-15(2)18-6-4-5-11-24-18/h4-13,15,25H,1-3H3,(H,26,29)(H,27,30). The molecule has 0 aliphatic rings. The maximum atomic E-state index is 12.8. The third-order valence-electron chi connectivity index (χ3n) is 4.69. The second-order valence-corrected chi connectivity index (χ2v) is 7.29. The molecule has 9 nitrogen and oxygen atoms in total. The third kappa shape index (κ3) is 5.45.